The van der Waals surface area contributed by atoms with Crippen molar-refractivity contribution in [2.75, 3.05) is 13.1 Å². The number of hydrogen-bond acceptors (Lipinski definition) is 4. The van der Waals surface area contributed by atoms with Gasteiger partial charge >= 0.3 is 12.1 Å². The summed E-state index contributed by atoms with van der Waals surface area (Å²) >= 11 is 0. The summed E-state index contributed by atoms with van der Waals surface area (Å²) in [6.45, 7) is 1.26. The fraction of sp³-hybridized carbons (Fsp3) is 0.778. The number of nitrogens with one attached hydrogen (secondary N) is 4. The second kappa shape index (κ2) is 9.05. The van der Waals surface area contributed by atoms with Crippen molar-refractivity contribution >= 4 is 23.9 Å². The molecule has 3 rings (SSSR count). The lowest BCUT2D eigenvalue weighted by atomic mass is 9.95. The van der Waals surface area contributed by atoms with Gasteiger partial charge in [-0.1, -0.05) is 19.3 Å². The maximum atomic E-state index is 12.4. The fourth-order valence-electron chi connectivity index (χ4n) is 3.98. The van der Waals surface area contributed by atoms with Crippen molar-refractivity contribution in [2.45, 2.75) is 75.9 Å². The van der Waals surface area contributed by atoms with Gasteiger partial charge in [0.25, 0.3) is 5.91 Å². The highest BCUT2D eigenvalue weighted by atomic mass is 16.2. The van der Waals surface area contributed by atoms with E-state index in [-0.39, 0.29) is 36.7 Å². The smallest absolute Gasteiger partial charge is 0.322 e. The van der Waals surface area contributed by atoms with Crippen LogP contribution in [0.3, 0.4) is 0 Å². The predicted octanol–water partition coefficient (Wildman–Crippen LogP) is 0.598. The normalized spacial score (nSPS) is 24.3. The van der Waals surface area contributed by atoms with E-state index >= 15 is 0 Å². The number of carbonyl (C=O) groups is 4. The first-order valence-corrected chi connectivity index (χ1v) is 9.97. The molecule has 0 radical (unpaired) electrons. The van der Waals surface area contributed by atoms with E-state index in [2.05, 4.69) is 21.3 Å². The summed E-state index contributed by atoms with van der Waals surface area (Å²) in [5.74, 6) is -0.515. The van der Waals surface area contributed by atoms with Crippen molar-refractivity contribution in [2.24, 2.45) is 0 Å². The van der Waals surface area contributed by atoms with E-state index in [1.54, 1.807) is 0 Å². The highest BCUT2D eigenvalue weighted by Crippen LogP contribution is 2.18. The molecule has 9 heteroatoms. The lowest BCUT2D eigenvalue weighted by Crippen LogP contribution is -2.51. The van der Waals surface area contributed by atoms with Crippen LogP contribution in [0.1, 0.15) is 57.8 Å². The molecule has 0 aromatic heterocycles. The average Bonchev–Trinajstić information content (AvgIpc) is 2.98. The summed E-state index contributed by atoms with van der Waals surface area (Å²) in [6.07, 6.45) is 7.68. The van der Waals surface area contributed by atoms with Gasteiger partial charge in [0.05, 0.1) is 0 Å². The first-order chi connectivity index (χ1) is 13.0. The van der Waals surface area contributed by atoms with Gasteiger partial charge in [-0.25, -0.2) is 9.59 Å². The van der Waals surface area contributed by atoms with Crippen molar-refractivity contribution < 1.29 is 19.2 Å². The van der Waals surface area contributed by atoms with Crippen LogP contribution >= 0.6 is 0 Å². The lowest BCUT2D eigenvalue weighted by Gasteiger charge is -2.34. The fourth-order valence-corrected chi connectivity index (χ4v) is 3.98. The van der Waals surface area contributed by atoms with E-state index in [0.29, 0.717) is 19.1 Å². The van der Waals surface area contributed by atoms with Gasteiger partial charge in [-0.15, -0.1) is 0 Å². The molecule has 4 N–H and O–H groups in total. The van der Waals surface area contributed by atoms with E-state index in [1.165, 1.54) is 19.3 Å². The third-order valence-electron chi connectivity index (χ3n) is 5.60. The van der Waals surface area contributed by atoms with Crippen molar-refractivity contribution in [3.63, 3.8) is 0 Å². The number of likely N-dealkylation sites (tertiary alicyclic amines) is 1. The van der Waals surface area contributed by atoms with Gasteiger partial charge in [-0.2, -0.15) is 0 Å². The Morgan fingerprint density at radius 2 is 1.63 bits per heavy atom. The van der Waals surface area contributed by atoms with Crippen LogP contribution in [0.15, 0.2) is 0 Å². The van der Waals surface area contributed by atoms with E-state index < -0.39 is 12.1 Å². The van der Waals surface area contributed by atoms with Crippen LogP contribution in [0.2, 0.25) is 0 Å². The Morgan fingerprint density at radius 1 is 0.963 bits per heavy atom. The zero-order chi connectivity index (χ0) is 19.2. The largest absolute Gasteiger partial charge is 0.353 e. The Hall–Kier alpha value is -2.32. The van der Waals surface area contributed by atoms with Crippen molar-refractivity contribution in [3.05, 3.63) is 0 Å². The zero-order valence-corrected chi connectivity index (χ0v) is 15.6. The molecule has 1 atom stereocenters. The van der Waals surface area contributed by atoms with Crippen LogP contribution in [0.25, 0.3) is 0 Å². The monoisotopic (exact) mass is 379 g/mol. The Labute approximate surface area is 159 Å². The summed E-state index contributed by atoms with van der Waals surface area (Å²) in [7, 11) is 0. The summed E-state index contributed by atoms with van der Waals surface area (Å²) in [6, 6.07) is -0.785. The number of amides is 6. The molecule has 1 aliphatic carbocycles. The molecule has 0 spiro atoms. The molecule has 2 aliphatic heterocycles. The molecular weight excluding hydrogens is 350 g/mol. The molecule has 0 bridgehead atoms. The molecule has 0 aromatic carbocycles. The van der Waals surface area contributed by atoms with Crippen LogP contribution in [0, 0.1) is 0 Å². The Morgan fingerprint density at radius 3 is 2.26 bits per heavy atom. The van der Waals surface area contributed by atoms with Crippen LogP contribution in [-0.2, 0) is 9.59 Å². The Bertz CT molecular complexity index is 582. The molecular formula is C18H29N5O4. The maximum Gasteiger partial charge on any atom is 0.322 e. The first kappa shape index (κ1) is 19.4. The van der Waals surface area contributed by atoms with Crippen LogP contribution in [0.4, 0.5) is 9.59 Å². The molecule has 150 valence electrons. The Balaban J connectivity index is 1.32. The Kier molecular flexibility index (Phi) is 6.52. The number of hydrogen-bond donors (Lipinski definition) is 4. The minimum Gasteiger partial charge on any atom is -0.353 e. The minimum absolute atomic E-state index is 0.00895. The van der Waals surface area contributed by atoms with E-state index in [1.807, 2.05) is 4.90 Å². The summed E-state index contributed by atoms with van der Waals surface area (Å²) < 4.78 is 0. The molecule has 2 saturated heterocycles. The summed E-state index contributed by atoms with van der Waals surface area (Å²) in [4.78, 5) is 48.8. The second-order valence-corrected chi connectivity index (χ2v) is 7.67. The maximum absolute atomic E-state index is 12.4. The first-order valence-electron chi connectivity index (χ1n) is 9.97. The standard InChI is InChI=1S/C18H29N5O4/c24-15(7-6-14-16(25)22-17(26)21-14)19-13-8-10-23(11-9-13)18(27)20-12-4-2-1-3-5-12/h12-14H,1-11H2,(H,19,24)(H,20,27)(H2,21,22,25,26)/t14-/m0/s1. The van der Waals surface area contributed by atoms with Crippen LogP contribution in [0.5, 0.6) is 0 Å². The number of urea groups is 2. The van der Waals surface area contributed by atoms with E-state index in [0.717, 1.165) is 25.7 Å². The number of carbonyl (C=O) groups excluding carboxylic acids is 4. The molecule has 3 fully saturated rings. The lowest BCUT2D eigenvalue weighted by molar-refractivity contribution is -0.122. The molecule has 3 aliphatic rings. The van der Waals surface area contributed by atoms with Crippen LogP contribution in [-0.4, -0.2) is 60.0 Å². The number of imide groups is 1. The third kappa shape index (κ3) is 5.58. The SMILES string of the molecule is O=C(CC[C@@H]1NC(=O)NC1=O)NC1CCN(C(=O)NC2CCCCC2)CC1. The molecule has 1 saturated carbocycles. The zero-order valence-electron chi connectivity index (χ0n) is 15.6. The van der Waals surface area contributed by atoms with E-state index in [9.17, 15) is 19.2 Å². The van der Waals surface area contributed by atoms with Crippen molar-refractivity contribution in [1.29, 1.82) is 0 Å². The number of nitrogens with zero attached hydrogens (tertiary/aromatic N) is 1. The molecule has 0 aromatic rings. The van der Waals surface area contributed by atoms with Gasteiger partial charge in [0.2, 0.25) is 5.91 Å². The van der Waals surface area contributed by atoms with E-state index in [4.69, 9.17) is 0 Å². The highest BCUT2D eigenvalue weighted by molar-refractivity contribution is 6.04. The van der Waals surface area contributed by atoms with Gasteiger partial charge in [0.15, 0.2) is 0 Å². The molecule has 9 nitrogen and oxygen atoms in total. The van der Waals surface area contributed by atoms with Crippen molar-refractivity contribution in [1.82, 2.24) is 26.2 Å². The summed E-state index contributed by atoms with van der Waals surface area (Å²) in [5, 5.41) is 10.7. The van der Waals surface area contributed by atoms with Gasteiger partial charge < -0.3 is 20.9 Å². The van der Waals surface area contributed by atoms with Crippen molar-refractivity contribution in [3.8, 4) is 0 Å². The molecule has 2 heterocycles. The molecule has 27 heavy (non-hydrogen) atoms. The van der Waals surface area contributed by atoms with Gasteiger partial charge in [-0.05, 0) is 32.1 Å². The van der Waals surface area contributed by atoms with Crippen LogP contribution < -0.4 is 21.3 Å². The topological polar surface area (TPSA) is 120 Å². The third-order valence-corrected chi connectivity index (χ3v) is 5.60. The second-order valence-electron chi connectivity index (χ2n) is 7.67. The average molecular weight is 379 g/mol. The molecule has 6 amide bonds. The minimum atomic E-state index is -0.631. The highest BCUT2D eigenvalue weighted by Gasteiger charge is 2.30. The van der Waals surface area contributed by atoms with Gasteiger partial charge in [-0.3, -0.25) is 14.9 Å². The predicted molar refractivity (Wildman–Crippen MR) is 97.8 cm³/mol. The summed E-state index contributed by atoms with van der Waals surface area (Å²) in [5.41, 5.74) is 0. The number of rotatable bonds is 5. The quantitative estimate of drug-likeness (QED) is 0.523. The number of piperidine rings is 1. The molecule has 0 unspecified atom stereocenters. The van der Waals surface area contributed by atoms with Gasteiger partial charge in [0.1, 0.15) is 6.04 Å². The van der Waals surface area contributed by atoms with Gasteiger partial charge in [0, 0.05) is 31.6 Å².